The Kier molecular flexibility index (Phi) is 15.3. The number of rotatable bonds is 17. The summed E-state index contributed by atoms with van der Waals surface area (Å²) < 4.78 is 29.9. The lowest BCUT2D eigenvalue weighted by Gasteiger charge is -2.22. The Morgan fingerprint density at radius 1 is 0.929 bits per heavy atom. The fraction of sp³-hybridized carbons (Fsp3) is 0.500. The van der Waals surface area contributed by atoms with Crippen LogP contribution in [0, 0.1) is 5.41 Å². The second kappa shape index (κ2) is 18.1. The van der Waals surface area contributed by atoms with Gasteiger partial charge in [0.25, 0.3) is 0 Å². The van der Waals surface area contributed by atoms with Crippen LogP contribution in [0.3, 0.4) is 0 Å². The highest BCUT2D eigenvalue weighted by Gasteiger charge is 2.33. The third-order valence-corrected chi connectivity index (χ3v) is 5.45. The Balaban J connectivity index is 2.78. The van der Waals surface area contributed by atoms with Crippen LogP contribution in [0.1, 0.15) is 54.3 Å². The summed E-state index contributed by atoms with van der Waals surface area (Å²) >= 11 is 0. The van der Waals surface area contributed by atoms with E-state index in [4.69, 9.17) is 23.7 Å². The van der Waals surface area contributed by atoms with Gasteiger partial charge >= 0.3 is 35.9 Å². The first-order chi connectivity index (χ1) is 19.8. The quantitative estimate of drug-likeness (QED) is 0.115. The van der Waals surface area contributed by atoms with Crippen molar-refractivity contribution in [1.29, 1.82) is 0 Å². The van der Waals surface area contributed by atoms with Crippen molar-refractivity contribution in [2.75, 3.05) is 40.1 Å². The molecule has 1 aromatic carbocycles. The number of hydrogen-bond acceptors (Lipinski definition) is 13. The van der Waals surface area contributed by atoms with Gasteiger partial charge in [-0.2, -0.15) is 0 Å². The van der Waals surface area contributed by atoms with E-state index in [2.05, 4.69) is 16.6 Å². The van der Waals surface area contributed by atoms with Gasteiger partial charge in [0, 0.05) is 6.08 Å². The maximum absolute atomic E-state index is 12.6. The van der Waals surface area contributed by atoms with Gasteiger partial charge in [0.15, 0.2) is 6.10 Å². The molecule has 14 heteroatoms. The topological polar surface area (TPSA) is 190 Å². The summed E-state index contributed by atoms with van der Waals surface area (Å²) in [6.45, 7) is 6.48. The van der Waals surface area contributed by atoms with Gasteiger partial charge in [0.2, 0.25) is 0 Å². The molecule has 0 radical (unpaired) electrons. The molecule has 0 saturated heterocycles. The van der Waals surface area contributed by atoms with E-state index in [1.165, 1.54) is 45.2 Å². The fourth-order valence-electron chi connectivity index (χ4n) is 2.99. The number of nitrogens with one attached hydrogen (secondary N) is 1. The van der Waals surface area contributed by atoms with Crippen LogP contribution in [0.2, 0.25) is 0 Å². The number of methoxy groups -OCH3 is 1. The maximum Gasteiger partial charge on any atom is 0.407 e. The molecule has 2 atom stereocenters. The molecule has 2 N–H and O–H groups in total. The second-order valence-electron chi connectivity index (χ2n) is 9.40. The molecule has 2 unspecified atom stereocenters. The Bertz CT molecular complexity index is 1100. The third kappa shape index (κ3) is 13.3. The van der Waals surface area contributed by atoms with Crippen LogP contribution in [-0.2, 0) is 42.8 Å². The molecule has 0 aliphatic carbocycles. The largest absolute Gasteiger partial charge is 0.469 e. The van der Waals surface area contributed by atoms with Gasteiger partial charge in [-0.25, -0.2) is 19.2 Å². The Morgan fingerprint density at radius 3 is 2.00 bits per heavy atom. The van der Waals surface area contributed by atoms with Crippen molar-refractivity contribution in [2.45, 2.75) is 45.8 Å². The highest BCUT2D eigenvalue weighted by molar-refractivity contribution is 5.93. The smallest absolute Gasteiger partial charge is 0.407 e. The summed E-state index contributed by atoms with van der Waals surface area (Å²) in [5.74, 6) is -3.62. The molecule has 14 nitrogen and oxygen atoms in total. The predicted molar refractivity (Wildman–Crippen MR) is 144 cm³/mol. The van der Waals surface area contributed by atoms with E-state index in [-0.39, 0.29) is 37.3 Å². The molecule has 0 bridgehead atoms. The zero-order valence-electron chi connectivity index (χ0n) is 24.0. The van der Waals surface area contributed by atoms with Gasteiger partial charge in [-0.1, -0.05) is 13.5 Å². The minimum atomic E-state index is -1.26. The number of amides is 1. The number of ether oxygens (including phenoxy) is 6. The maximum atomic E-state index is 12.6. The number of aliphatic hydroxyl groups excluding tert-OH is 1. The standard InChI is InChI=1S/C28H37NO13/c1-6-20(30)15-40-24(33)18-8-10-19(11-9-18)25(34)41-17-21(42-27(36)29-12-13-38-22(31)7-2)16-39-23(32)14-28(3,4)26(35)37-5/h7-11,20-21,30H,2,6,12-17H2,1,3-5H3,(H,29,36). The van der Waals surface area contributed by atoms with Crippen molar-refractivity contribution in [3.8, 4) is 0 Å². The lowest BCUT2D eigenvalue weighted by Crippen LogP contribution is -2.37. The van der Waals surface area contributed by atoms with E-state index in [1.807, 2.05) is 0 Å². The molecular weight excluding hydrogens is 558 g/mol. The molecular formula is C28H37NO13. The van der Waals surface area contributed by atoms with Gasteiger partial charge in [-0.15, -0.1) is 0 Å². The van der Waals surface area contributed by atoms with Crippen LogP contribution < -0.4 is 5.32 Å². The summed E-state index contributed by atoms with van der Waals surface area (Å²) in [5, 5.41) is 11.8. The number of benzene rings is 1. The molecule has 0 heterocycles. The summed E-state index contributed by atoms with van der Waals surface area (Å²) in [6, 6.07) is 5.31. The summed E-state index contributed by atoms with van der Waals surface area (Å²) in [7, 11) is 1.18. The van der Waals surface area contributed by atoms with Crippen molar-refractivity contribution in [3.05, 3.63) is 48.0 Å². The van der Waals surface area contributed by atoms with Crippen LogP contribution in [-0.4, -0.2) is 93.3 Å². The molecule has 0 spiro atoms. The number of carbonyl (C=O) groups is 6. The first kappa shape index (κ1) is 35.6. The first-order valence-electron chi connectivity index (χ1n) is 12.9. The van der Waals surface area contributed by atoms with Crippen LogP contribution in [0.5, 0.6) is 0 Å². The molecule has 0 fully saturated rings. The molecule has 0 saturated carbocycles. The van der Waals surface area contributed by atoms with Gasteiger partial charge in [-0.05, 0) is 44.5 Å². The van der Waals surface area contributed by atoms with Crippen LogP contribution in [0.4, 0.5) is 4.79 Å². The minimum absolute atomic E-state index is 0.0594. The number of hydrogen-bond donors (Lipinski definition) is 2. The third-order valence-electron chi connectivity index (χ3n) is 5.45. The van der Waals surface area contributed by atoms with Crippen molar-refractivity contribution in [3.63, 3.8) is 0 Å². The monoisotopic (exact) mass is 595 g/mol. The predicted octanol–water partition coefficient (Wildman–Crippen LogP) is 1.73. The number of alkyl carbamates (subject to hydrolysis) is 1. The van der Waals surface area contributed by atoms with Gasteiger partial charge in [-0.3, -0.25) is 9.59 Å². The highest BCUT2D eigenvalue weighted by Crippen LogP contribution is 2.22. The van der Waals surface area contributed by atoms with Crippen LogP contribution in [0.15, 0.2) is 36.9 Å². The number of esters is 5. The van der Waals surface area contributed by atoms with Crippen LogP contribution >= 0.6 is 0 Å². The molecule has 1 rings (SSSR count). The Morgan fingerprint density at radius 2 is 1.48 bits per heavy atom. The van der Waals surface area contributed by atoms with Gasteiger partial charge < -0.3 is 38.8 Å². The fourth-order valence-corrected chi connectivity index (χ4v) is 2.99. The molecule has 232 valence electrons. The Labute approximate surface area is 243 Å². The highest BCUT2D eigenvalue weighted by atomic mass is 16.6. The van der Waals surface area contributed by atoms with E-state index in [0.29, 0.717) is 6.42 Å². The lowest BCUT2D eigenvalue weighted by atomic mass is 9.90. The average molecular weight is 596 g/mol. The normalized spacial score (nSPS) is 12.1. The van der Waals surface area contributed by atoms with Crippen molar-refractivity contribution < 1.29 is 62.3 Å². The molecule has 0 aliphatic heterocycles. The molecule has 42 heavy (non-hydrogen) atoms. The first-order valence-corrected chi connectivity index (χ1v) is 12.9. The lowest BCUT2D eigenvalue weighted by molar-refractivity contribution is -0.160. The minimum Gasteiger partial charge on any atom is -0.469 e. The van der Waals surface area contributed by atoms with E-state index in [9.17, 15) is 33.9 Å². The molecule has 0 aromatic heterocycles. The Hall–Kier alpha value is -4.46. The zero-order chi connectivity index (χ0) is 31.7. The zero-order valence-corrected chi connectivity index (χ0v) is 24.0. The van der Waals surface area contributed by atoms with E-state index < -0.39 is 66.8 Å². The number of carbonyl (C=O) groups excluding carboxylic acids is 6. The summed E-state index contributed by atoms with van der Waals surface area (Å²) in [4.78, 5) is 72.1. The molecule has 0 aliphatic rings. The van der Waals surface area contributed by atoms with E-state index in [1.54, 1.807) is 6.92 Å². The number of aliphatic hydroxyl groups is 1. The van der Waals surface area contributed by atoms with Crippen LogP contribution in [0.25, 0.3) is 0 Å². The average Bonchev–Trinajstić information content (AvgIpc) is 2.98. The van der Waals surface area contributed by atoms with Gasteiger partial charge in [0.05, 0.1) is 42.7 Å². The van der Waals surface area contributed by atoms with Crippen molar-refractivity contribution >= 4 is 35.9 Å². The molecule has 1 aromatic rings. The van der Waals surface area contributed by atoms with E-state index >= 15 is 0 Å². The summed E-state index contributed by atoms with van der Waals surface area (Å²) in [5.41, 5.74) is -0.971. The van der Waals surface area contributed by atoms with E-state index in [0.717, 1.165) is 6.08 Å². The second-order valence-corrected chi connectivity index (χ2v) is 9.40. The SMILES string of the molecule is C=CC(=O)OCCNC(=O)OC(COC(=O)CC(C)(C)C(=O)OC)COC(=O)c1ccc(C(=O)OCC(O)CC)cc1. The van der Waals surface area contributed by atoms with Gasteiger partial charge in [0.1, 0.15) is 26.4 Å². The summed E-state index contributed by atoms with van der Waals surface area (Å²) in [6.07, 6.45) is -1.98. The molecule has 1 amide bonds. The van der Waals surface area contributed by atoms with Crippen molar-refractivity contribution in [1.82, 2.24) is 5.32 Å². The van der Waals surface area contributed by atoms with Crippen molar-refractivity contribution in [2.24, 2.45) is 5.41 Å².